The molecule has 1 heteroatoms. The summed E-state index contributed by atoms with van der Waals surface area (Å²) >= 11 is 0. The molecule has 1 heterocycles. The van der Waals surface area contributed by atoms with Crippen LogP contribution in [0.2, 0.25) is 0 Å². The van der Waals surface area contributed by atoms with E-state index in [0.29, 0.717) is 5.92 Å². The van der Waals surface area contributed by atoms with Crippen molar-refractivity contribution in [2.24, 2.45) is 0 Å². The molecule has 3 aromatic carbocycles. The Hall–Kier alpha value is -3.58. The Morgan fingerprint density at radius 3 is 2.45 bits per heavy atom. The molecule has 1 nitrogen and oxygen atoms in total. The van der Waals surface area contributed by atoms with Gasteiger partial charge in [0.2, 0.25) is 0 Å². The maximum absolute atomic E-state index is 3.51. The molecule has 1 atom stereocenters. The number of nitrogens with one attached hydrogen (secondary N) is 1. The van der Waals surface area contributed by atoms with E-state index in [4.69, 9.17) is 0 Å². The molecule has 0 fully saturated rings. The van der Waals surface area contributed by atoms with Crippen LogP contribution in [0.3, 0.4) is 0 Å². The van der Waals surface area contributed by atoms with Crippen LogP contribution in [0.4, 0.5) is 0 Å². The van der Waals surface area contributed by atoms with Gasteiger partial charge in [0, 0.05) is 23.4 Å². The molecule has 6 rings (SSSR count). The quantitative estimate of drug-likeness (QED) is 0.504. The SMILES string of the molecule is C1=CC=C(C2=CC(c3ccccc3)Cc3c2ccc2c3CCc3ccccc3-2)NC=C1. The molecule has 150 valence electrons. The van der Waals surface area contributed by atoms with Gasteiger partial charge in [-0.05, 0) is 70.4 Å². The summed E-state index contributed by atoms with van der Waals surface area (Å²) < 4.78 is 0. The van der Waals surface area contributed by atoms with E-state index >= 15 is 0 Å². The molecule has 3 aromatic rings. The number of allylic oxidation sites excluding steroid dienone is 6. The van der Waals surface area contributed by atoms with E-state index < -0.39 is 0 Å². The Kier molecular flexibility index (Phi) is 4.46. The van der Waals surface area contributed by atoms with E-state index in [1.807, 2.05) is 12.3 Å². The van der Waals surface area contributed by atoms with Crippen LogP contribution in [0.25, 0.3) is 16.7 Å². The van der Waals surface area contributed by atoms with Gasteiger partial charge in [-0.3, -0.25) is 0 Å². The number of aryl methyl sites for hydroxylation is 1. The molecule has 1 aliphatic heterocycles. The second kappa shape index (κ2) is 7.59. The van der Waals surface area contributed by atoms with Crippen LogP contribution >= 0.6 is 0 Å². The summed E-state index contributed by atoms with van der Waals surface area (Å²) in [6, 6.07) is 24.6. The minimum atomic E-state index is 0.381. The van der Waals surface area contributed by atoms with Crippen molar-refractivity contribution in [1.29, 1.82) is 0 Å². The first-order valence-corrected chi connectivity index (χ1v) is 11.2. The lowest BCUT2D eigenvalue weighted by Crippen LogP contribution is -2.18. The maximum Gasteiger partial charge on any atom is 0.0456 e. The molecule has 0 radical (unpaired) electrons. The second-order valence-electron chi connectivity index (χ2n) is 8.55. The number of rotatable bonds is 2. The molecule has 0 aromatic heterocycles. The van der Waals surface area contributed by atoms with E-state index in [0.717, 1.165) is 19.3 Å². The first kappa shape index (κ1) is 18.2. The van der Waals surface area contributed by atoms with Gasteiger partial charge in [-0.2, -0.15) is 0 Å². The molecule has 0 bridgehead atoms. The number of fused-ring (bicyclic) bond motifs is 5. The monoisotopic (exact) mass is 399 g/mol. The first-order valence-electron chi connectivity index (χ1n) is 11.2. The summed E-state index contributed by atoms with van der Waals surface area (Å²) in [7, 11) is 0. The Bertz CT molecular complexity index is 1270. The Morgan fingerprint density at radius 1 is 0.677 bits per heavy atom. The number of benzene rings is 3. The summed E-state index contributed by atoms with van der Waals surface area (Å²) in [6.07, 6.45) is 16.2. The fourth-order valence-electron chi connectivity index (χ4n) is 5.32. The molecule has 0 saturated heterocycles. The van der Waals surface area contributed by atoms with Crippen LogP contribution in [-0.4, -0.2) is 0 Å². The van der Waals surface area contributed by atoms with Crippen molar-refractivity contribution < 1.29 is 0 Å². The van der Waals surface area contributed by atoms with Gasteiger partial charge < -0.3 is 5.32 Å². The third kappa shape index (κ3) is 3.18. The molecule has 31 heavy (non-hydrogen) atoms. The first-order chi connectivity index (χ1) is 15.4. The highest BCUT2D eigenvalue weighted by molar-refractivity contribution is 5.87. The molecule has 1 N–H and O–H groups in total. The average Bonchev–Trinajstić information content (AvgIpc) is 3.13. The topological polar surface area (TPSA) is 12.0 Å². The lowest BCUT2D eigenvalue weighted by Gasteiger charge is -2.31. The zero-order chi connectivity index (χ0) is 20.6. The Balaban J connectivity index is 1.54. The molecular formula is C30H25N. The van der Waals surface area contributed by atoms with Crippen molar-refractivity contribution in [2.75, 3.05) is 0 Å². The number of hydrogen-bond acceptors (Lipinski definition) is 1. The lowest BCUT2D eigenvalue weighted by atomic mass is 9.74. The molecule has 3 aliphatic rings. The lowest BCUT2D eigenvalue weighted by molar-refractivity contribution is 0.796. The van der Waals surface area contributed by atoms with Gasteiger partial charge in [0.1, 0.15) is 0 Å². The Morgan fingerprint density at radius 2 is 1.52 bits per heavy atom. The van der Waals surface area contributed by atoms with Gasteiger partial charge in [0.05, 0.1) is 0 Å². The molecular weight excluding hydrogens is 374 g/mol. The summed E-state index contributed by atoms with van der Waals surface area (Å²) in [5.41, 5.74) is 12.6. The van der Waals surface area contributed by atoms with Gasteiger partial charge in [-0.1, -0.05) is 85.0 Å². The van der Waals surface area contributed by atoms with Gasteiger partial charge in [0.15, 0.2) is 0 Å². The average molecular weight is 400 g/mol. The standard InChI is InChI=1S/C30H25N/c1-3-9-21(10-4-1)23-19-28-26-15-14-22-11-6-7-12-24(22)25(26)16-17-27(28)29(20-23)30-13-5-2-8-18-31-30/h1-13,16-18,20,23,31H,14-15,19H2. The van der Waals surface area contributed by atoms with E-state index in [2.05, 4.69) is 96.4 Å². The predicted octanol–water partition coefficient (Wildman–Crippen LogP) is 6.73. The third-order valence-corrected chi connectivity index (χ3v) is 6.80. The minimum absolute atomic E-state index is 0.381. The van der Waals surface area contributed by atoms with E-state index in [9.17, 15) is 0 Å². The van der Waals surface area contributed by atoms with Crippen molar-refractivity contribution >= 4 is 5.57 Å². The zero-order valence-electron chi connectivity index (χ0n) is 17.5. The van der Waals surface area contributed by atoms with Crippen LogP contribution in [0.15, 0.2) is 109 Å². The second-order valence-corrected chi connectivity index (χ2v) is 8.55. The van der Waals surface area contributed by atoms with Gasteiger partial charge in [0.25, 0.3) is 0 Å². The molecule has 1 unspecified atom stereocenters. The van der Waals surface area contributed by atoms with Crippen molar-refractivity contribution in [3.8, 4) is 11.1 Å². The Labute approximate surface area is 184 Å². The molecule has 0 saturated carbocycles. The minimum Gasteiger partial charge on any atom is -0.361 e. The summed E-state index contributed by atoms with van der Waals surface area (Å²) in [4.78, 5) is 0. The third-order valence-electron chi connectivity index (χ3n) is 6.80. The zero-order valence-corrected chi connectivity index (χ0v) is 17.5. The smallest absolute Gasteiger partial charge is 0.0456 e. The fourth-order valence-corrected chi connectivity index (χ4v) is 5.32. The van der Waals surface area contributed by atoms with Crippen molar-refractivity contribution in [2.45, 2.75) is 25.2 Å². The molecule has 0 spiro atoms. The predicted molar refractivity (Wildman–Crippen MR) is 130 cm³/mol. The normalized spacial score (nSPS) is 18.6. The van der Waals surface area contributed by atoms with Crippen LogP contribution in [0, 0.1) is 0 Å². The van der Waals surface area contributed by atoms with Gasteiger partial charge >= 0.3 is 0 Å². The molecule has 0 amide bonds. The van der Waals surface area contributed by atoms with E-state index in [-0.39, 0.29) is 0 Å². The highest BCUT2D eigenvalue weighted by Gasteiger charge is 2.28. The van der Waals surface area contributed by atoms with E-state index in [1.165, 1.54) is 44.7 Å². The van der Waals surface area contributed by atoms with Gasteiger partial charge in [-0.15, -0.1) is 0 Å². The summed E-state index contributed by atoms with van der Waals surface area (Å²) in [5.74, 6) is 0.381. The van der Waals surface area contributed by atoms with Crippen molar-refractivity contribution in [3.63, 3.8) is 0 Å². The number of hydrogen-bond donors (Lipinski definition) is 1. The van der Waals surface area contributed by atoms with Gasteiger partial charge in [-0.25, -0.2) is 0 Å². The maximum atomic E-state index is 3.51. The van der Waals surface area contributed by atoms with Crippen molar-refractivity contribution in [3.05, 3.63) is 137 Å². The van der Waals surface area contributed by atoms with Crippen molar-refractivity contribution in [1.82, 2.24) is 5.32 Å². The summed E-state index contributed by atoms with van der Waals surface area (Å²) in [6.45, 7) is 0. The van der Waals surface area contributed by atoms with E-state index in [1.54, 1.807) is 5.56 Å². The van der Waals surface area contributed by atoms with Crippen LogP contribution < -0.4 is 5.32 Å². The highest BCUT2D eigenvalue weighted by atomic mass is 14.9. The largest absolute Gasteiger partial charge is 0.361 e. The van der Waals surface area contributed by atoms with Crippen LogP contribution in [-0.2, 0) is 19.3 Å². The highest BCUT2D eigenvalue weighted by Crippen LogP contribution is 2.44. The van der Waals surface area contributed by atoms with Crippen LogP contribution in [0.1, 0.15) is 33.7 Å². The fraction of sp³-hybridized carbons (Fsp3) is 0.133. The van der Waals surface area contributed by atoms with Crippen LogP contribution in [0.5, 0.6) is 0 Å². The summed E-state index contributed by atoms with van der Waals surface area (Å²) in [5, 5.41) is 3.51. The molecule has 2 aliphatic carbocycles.